The van der Waals surface area contributed by atoms with Gasteiger partial charge in [0, 0.05) is 23.9 Å². The third-order valence-electron chi connectivity index (χ3n) is 3.57. The standard InChI is InChI=1S/C16H19NO/c1-5-13-6-8-14(9-7-13)15-10-11(2)16(18)17(4)12(15)3/h6-10H,5H2,1-4H3. The Morgan fingerprint density at radius 2 is 1.72 bits per heavy atom. The first-order chi connectivity index (χ1) is 8.54. The van der Waals surface area contributed by atoms with Gasteiger partial charge in [-0.05, 0) is 37.5 Å². The number of nitrogens with zero attached hydrogens (tertiary/aromatic N) is 1. The van der Waals surface area contributed by atoms with Crippen LogP contribution in [0.1, 0.15) is 23.7 Å². The second-order valence-corrected chi connectivity index (χ2v) is 4.74. The van der Waals surface area contributed by atoms with Crippen molar-refractivity contribution in [3.05, 3.63) is 57.5 Å². The molecule has 0 N–H and O–H groups in total. The molecule has 2 nitrogen and oxygen atoms in total. The van der Waals surface area contributed by atoms with Gasteiger partial charge in [0.2, 0.25) is 0 Å². The lowest BCUT2D eigenvalue weighted by Crippen LogP contribution is -2.21. The number of hydrogen-bond acceptors (Lipinski definition) is 1. The maximum Gasteiger partial charge on any atom is 0.253 e. The van der Waals surface area contributed by atoms with Crippen LogP contribution in [0.2, 0.25) is 0 Å². The summed E-state index contributed by atoms with van der Waals surface area (Å²) in [5.41, 5.74) is 5.52. The zero-order valence-corrected chi connectivity index (χ0v) is 11.4. The van der Waals surface area contributed by atoms with Crippen molar-refractivity contribution in [3.8, 4) is 11.1 Å². The summed E-state index contributed by atoms with van der Waals surface area (Å²) in [6, 6.07) is 10.5. The highest BCUT2D eigenvalue weighted by atomic mass is 16.1. The van der Waals surface area contributed by atoms with Gasteiger partial charge in [-0.1, -0.05) is 31.2 Å². The fourth-order valence-corrected chi connectivity index (χ4v) is 2.19. The molecule has 0 radical (unpaired) electrons. The molecule has 1 aromatic heterocycles. The highest BCUT2D eigenvalue weighted by Gasteiger charge is 2.08. The molecule has 0 aliphatic carbocycles. The highest BCUT2D eigenvalue weighted by Crippen LogP contribution is 2.23. The first kappa shape index (κ1) is 12.6. The molecular weight excluding hydrogens is 222 g/mol. The van der Waals surface area contributed by atoms with Crippen molar-refractivity contribution in [2.45, 2.75) is 27.2 Å². The lowest BCUT2D eigenvalue weighted by Gasteiger charge is -2.12. The molecule has 0 fully saturated rings. The average molecular weight is 241 g/mol. The molecule has 94 valence electrons. The number of aromatic nitrogens is 1. The molecule has 1 heterocycles. The van der Waals surface area contributed by atoms with Crippen molar-refractivity contribution in [3.63, 3.8) is 0 Å². The van der Waals surface area contributed by atoms with Crippen molar-refractivity contribution in [2.24, 2.45) is 7.05 Å². The predicted octanol–water partition coefficient (Wildman–Crippen LogP) is 3.23. The summed E-state index contributed by atoms with van der Waals surface area (Å²) < 4.78 is 1.72. The van der Waals surface area contributed by atoms with E-state index < -0.39 is 0 Å². The van der Waals surface area contributed by atoms with Crippen LogP contribution in [0.3, 0.4) is 0 Å². The van der Waals surface area contributed by atoms with Crippen molar-refractivity contribution < 1.29 is 0 Å². The molecule has 0 atom stereocenters. The number of aryl methyl sites for hydroxylation is 2. The molecule has 0 amide bonds. The number of rotatable bonds is 2. The SMILES string of the molecule is CCc1ccc(-c2cc(C)c(=O)n(C)c2C)cc1. The van der Waals surface area contributed by atoms with Crippen LogP contribution in [0.25, 0.3) is 11.1 Å². The Balaban J connectivity index is 2.60. The van der Waals surface area contributed by atoms with Gasteiger partial charge in [0.25, 0.3) is 5.56 Å². The van der Waals surface area contributed by atoms with Crippen molar-refractivity contribution in [2.75, 3.05) is 0 Å². The molecule has 0 aliphatic heterocycles. The van der Waals surface area contributed by atoms with Crippen LogP contribution in [-0.4, -0.2) is 4.57 Å². The molecule has 2 aromatic rings. The summed E-state index contributed by atoms with van der Waals surface area (Å²) >= 11 is 0. The van der Waals surface area contributed by atoms with Gasteiger partial charge in [0.05, 0.1) is 0 Å². The minimum atomic E-state index is 0.0847. The molecule has 0 unspecified atom stereocenters. The third kappa shape index (κ3) is 2.10. The molecule has 0 bridgehead atoms. The molecular formula is C16H19NO. The van der Waals surface area contributed by atoms with E-state index in [0.29, 0.717) is 0 Å². The Kier molecular flexibility index (Phi) is 3.37. The Morgan fingerprint density at radius 1 is 1.11 bits per heavy atom. The van der Waals surface area contributed by atoms with Gasteiger partial charge >= 0.3 is 0 Å². The van der Waals surface area contributed by atoms with E-state index in [9.17, 15) is 4.79 Å². The van der Waals surface area contributed by atoms with Crippen molar-refractivity contribution in [1.29, 1.82) is 0 Å². The Labute approximate surface area is 108 Å². The summed E-state index contributed by atoms with van der Waals surface area (Å²) in [5.74, 6) is 0. The van der Waals surface area contributed by atoms with Gasteiger partial charge in [-0.25, -0.2) is 0 Å². The topological polar surface area (TPSA) is 22.0 Å². The highest BCUT2D eigenvalue weighted by molar-refractivity contribution is 5.66. The molecule has 2 rings (SSSR count). The lowest BCUT2D eigenvalue weighted by atomic mass is 10.0. The van der Waals surface area contributed by atoms with Crippen LogP contribution in [0, 0.1) is 13.8 Å². The first-order valence-corrected chi connectivity index (χ1v) is 6.31. The van der Waals surface area contributed by atoms with Crippen LogP contribution in [0.15, 0.2) is 35.1 Å². The van der Waals surface area contributed by atoms with E-state index in [1.165, 1.54) is 11.1 Å². The third-order valence-corrected chi connectivity index (χ3v) is 3.57. The molecule has 1 aromatic carbocycles. The second-order valence-electron chi connectivity index (χ2n) is 4.74. The van der Waals surface area contributed by atoms with Crippen LogP contribution < -0.4 is 5.56 Å². The summed E-state index contributed by atoms with van der Waals surface area (Å²) in [6.07, 6.45) is 1.05. The molecule has 0 saturated carbocycles. The van der Waals surface area contributed by atoms with Crippen LogP contribution >= 0.6 is 0 Å². The summed E-state index contributed by atoms with van der Waals surface area (Å²) in [5, 5.41) is 0. The molecule has 0 aliphatic rings. The van der Waals surface area contributed by atoms with E-state index in [1.807, 2.05) is 27.0 Å². The minimum Gasteiger partial charge on any atom is -0.315 e. The zero-order valence-electron chi connectivity index (χ0n) is 11.4. The Hall–Kier alpha value is -1.83. The zero-order chi connectivity index (χ0) is 13.3. The van der Waals surface area contributed by atoms with Gasteiger partial charge < -0.3 is 4.57 Å². The van der Waals surface area contributed by atoms with Gasteiger partial charge in [0.15, 0.2) is 0 Å². The van der Waals surface area contributed by atoms with Crippen LogP contribution in [-0.2, 0) is 13.5 Å². The minimum absolute atomic E-state index is 0.0847. The Bertz CT molecular complexity index is 621. The van der Waals surface area contributed by atoms with Crippen molar-refractivity contribution >= 4 is 0 Å². The summed E-state index contributed by atoms with van der Waals surface area (Å²) in [4.78, 5) is 11.8. The maximum atomic E-state index is 11.8. The molecule has 0 spiro atoms. The van der Waals surface area contributed by atoms with E-state index in [4.69, 9.17) is 0 Å². The number of pyridine rings is 1. The van der Waals surface area contributed by atoms with Gasteiger partial charge in [-0.15, -0.1) is 0 Å². The molecule has 2 heteroatoms. The van der Waals surface area contributed by atoms with E-state index in [1.54, 1.807) is 4.57 Å². The smallest absolute Gasteiger partial charge is 0.253 e. The number of hydrogen-bond donors (Lipinski definition) is 0. The second kappa shape index (κ2) is 4.81. The van der Waals surface area contributed by atoms with E-state index in [-0.39, 0.29) is 5.56 Å². The molecule has 0 saturated heterocycles. The first-order valence-electron chi connectivity index (χ1n) is 6.31. The van der Waals surface area contributed by atoms with E-state index in [2.05, 4.69) is 31.2 Å². The Morgan fingerprint density at radius 3 is 2.28 bits per heavy atom. The lowest BCUT2D eigenvalue weighted by molar-refractivity contribution is 0.811. The number of benzene rings is 1. The fraction of sp³-hybridized carbons (Fsp3) is 0.312. The average Bonchev–Trinajstić information content (AvgIpc) is 2.41. The quantitative estimate of drug-likeness (QED) is 0.791. The maximum absolute atomic E-state index is 11.8. The summed E-state index contributed by atoms with van der Waals surface area (Å²) in [6.45, 7) is 6.01. The predicted molar refractivity (Wildman–Crippen MR) is 76.0 cm³/mol. The van der Waals surface area contributed by atoms with E-state index in [0.717, 1.165) is 23.2 Å². The summed E-state index contributed by atoms with van der Waals surface area (Å²) in [7, 11) is 1.83. The largest absolute Gasteiger partial charge is 0.315 e. The van der Waals surface area contributed by atoms with Crippen LogP contribution in [0.4, 0.5) is 0 Å². The van der Waals surface area contributed by atoms with E-state index >= 15 is 0 Å². The fourth-order valence-electron chi connectivity index (χ4n) is 2.19. The van der Waals surface area contributed by atoms with Crippen molar-refractivity contribution in [1.82, 2.24) is 4.57 Å². The monoisotopic (exact) mass is 241 g/mol. The molecule has 18 heavy (non-hydrogen) atoms. The van der Waals surface area contributed by atoms with Gasteiger partial charge in [-0.3, -0.25) is 4.79 Å². The normalized spacial score (nSPS) is 10.7. The van der Waals surface area contributed by atoms with Crippen LogP contribution in [0.5, 0.6) is 0 Å². The van der Waals surface area contributed by atoms with Gasteiger partial charge in [-0.2, -0.15) is 0 Å². The van der Waals surface area contributed by atoms with Gasteiger partial charge in [0.1, 0.15) is 0 Å².